The molecule has 0 aliphatic carbocycles. The van der Waals surface area contributed by atoms with E-state index in [1.165, 1.54) is 6.20 Å². The first kappa shape index (κ1) is 12.9. The summed E-state index contributed by atoms with van der Waals surface area (Å²) in [6, 6.07) is 7.15. The molecule has 1 amide bonds. The second kappa shape index (κ2) is 4.76. The van der Waals surface area contributed by atoms with E-state index in [0.717, 1.165) is 5.52 Å². The number of aromatic nitrogens is 1. The second-order valence-corrected chi connectivity index (χ2v) is 5.56. The highest BCUT2D eigenvalue weighted by atomic mass is 16.5. The Hall–Kier alpha value is -2.14. The van der Waals surface area contributed by atoms with Crippen LogP contribution in [0.3, 0.4) is 0 Å². The van der Waals surface area contributed by atoms with Crippen molar-refractivity contribution in [3.63, 3.8) is 0 Å². The molecule has 20 heavy (non-hydrogen) atoms. The van der Waals surface area contributed by atoms with Gasteiger partial charge in [-0.3, -0.25) is 9.59 Å². The summed E-state index contributed by atoms with van der Waals surface area (Å²) >= 11 is 0. The van der Waals surface area contributed by atoms with E-state index in [1.807, 2.05) is 19.1 Å². The first-order valence-electron chi connectivity index (χ1n) is 6.55. The molecule has 0 saturated carbocycles. The number of hydrogen-bond donors (Lipinski definition) is 2. The fourth-order valence-electron chi connectivity index (χ4n) is 2.28. The molecule has 2 N–H and O–H groups in total. The van der Waals surface area contributed by atoms with Gasteiger partial charge in [0.1, 0.15) is 5.56 Å². The number of aromatic amines is 1. The maximum absolute atomic E-state index is 12.3. The molecule has 1 aromatic heterocycles. The maximum Gasteiger partial charge on any atom is 0.256 e. The number of para-hydroxylation sites is 1. The zero-order valence-corrected chi connectivity index (χ0v) is 11.2. The van der Waals surface area contributed by atoms with Crippen LogP contribution < -0.4 is 10.7 Å². The largest absolute Gasteiger partial charge is 0.380 e. The van der Waals surface area contributed by atoms with Crippen LogP contribution in [-0.2, 0) is 4.74 Å². The van der Waals surface area contributed by atoms with E-state index in [1.54, 1.807) is 12.1 Å². The standard InChI is InChI=1S/C15H16N2O3/c1-15(8-20-9-15)7-17-14(19)11-6-16-12-5-3-2-4-10(12)13(11)18/h2-6H,7-9H2,1H3,(H,16,18)(H,17,19). The van der Waals surface area contributed by atoms with Gasteiger partial charge < -0.3 is 15.0 Å². The van der Waals surface area contributed by atoms with E-state index < -0.39 is 0 Å². The number of fused-ring (bicyclic) bond motifs is 1. The van der Waals surface area contributed by atoms with Crippen LogP contribution >= 0.6 is 0 Å². The third-order valence-corrected chi connectivity index (χ3v) is 3.61. The van der Waals surface area contributed by atoms with Gasteiger partial charge >= 0.3 is 0 Å². The van der Waals surface area contributed by atoms with Crippen molar-refractivity contribution in [1.29, 1.82) is 0 Å². The Bertz CT molecular complexity index is 716. The molecule has 2 aromatic rings. The van der Waals surface area contributed by atoms with Crippen LogP contribution in [0.1, 0.15) is 17.3 Å². The summed E-state index contributed by atoms with van der Waals surface area (Å²) in [4.78, 5) is 27.4. The van der Waals surface area contributed by atoms with E-state index in [4.69, 9.17) is 4.74 Å². The number of rotatable bonds is 3. The summed E-state index contributed by atoms with van der Waals surface area (Å²) in [5.74, 6) is -0.342. The van der Waals surface area contributed by atoms with Gasteiger partial charge in [-0.1, -0.05) is 19.1 Å². The third kappa shape index (κ3) is 2.20. The minimum atomic E-state index is -0.342. The lowest BCUT2D eigenvalue weighted by Crippen LogP contribution is -2.49. The summed E-state index contributed by atoms with van der Waals surface area (Å²) in [5.41, 5.74) is 0.618. The van der Waals surface area contributed by atoms with Gasteiger partial charge in [0.25, 0.3) is 5.91 Å². The van der Waals surface area contributed by atoms with Crippen LogP contribution in [0.2, 0.25) is 0 Å². The molecule has 0 atom stereocenters. The Kier molecular flexibility index (Phi) is 3.06. The van der Waals surface area contributed by atoms with Gasteiger partial charge in [0.05, 0.1) is 13.2 Å². The molecule has 5 heteroatoms. The number of benzene rings is 1. The van der Waals surface area contributed by atoms with E-state index in [0.29, 0.717) is 25.1 Å². The van der Waals surface area contributed by atoms with Crippen LogP contribution in [0.25, 0.3) is 10.9 Å². The summed E-state index contributed by atoms with van der Waals surface area (Å²) in [6.07, 6.45) is 1.47. The predicted molar refractivity (Wildman–Crippen MR) is 75.8 cm³/mol. The molecule has 0 radical (unpaired) electrons. The lowest BCUT2D eigenvalue weighted by molar-refractivity contribution is -0.0978. The van der Waals surface area contributed by atoms with Crippen molar-refractivity contribution in [1.82, 2.24) is 10.3 Å². The third-order valence-electron chi connectivity index (χ3n) is 3.61. The molecule has 1 aromatic carbocycles. The van der Waals surface area contributed by atoms with Crippen LogP contribution in [0.4, 0.5) is 0 Å². The number of nitrogens with one attached hydrogen (secondary N) is 2. The zero-order chi connectivity index (χ0) is 14.2. The second-order valence-electron chi connectivity index (χ2n) is 5.56. The topological polar surface area (TPSA) is 71.2 Å². The highest BCUT2D eigenvalue weighted by molar-refractivity contribution is 5.97. The molecule has 0 spiro atoms. The number of H-pyrrole nitrogens is 1. The normalized spacial score (nSPS) is 16.6. The zero-order valence-electron chi connectivity index (χ0n) is 11.2. The maximum atomic E-state index is 12.3. The lowest BCUT2D eigenvalue weighted by atomic mass is 9.88. The highest BCUT2D eigenvalue weighted by Crippen LogP contribution is 2.25. The molecule has 1 saturated heterocycles. The molecule has 3 rings (SSSR count). The minimum absolute atomic E-state index is 0.0146. The van der Waals surface area contributed by atoms with Crippen molar-refractivity contribution in [3.8, 4) is 0 Å². The monoisotopic (exact) mass is 272 g/mol. The van der Waals surface area contributed by atoms with E-state index in [2.05, 4.69) is 10.3 Å². The van der Waals surface area contributed by atoms with Gasteiger partial charge in [0.2, 0.25) is 5.43 Å². The highest BCUT2D eigenvalue weighted by Gasteiger charge is 2.33. The number of amides is 1. The Morgan fingerprint density at radius 1 is 1.40 bits per heavy atom. The fraction of sp³-hybridized carbons (Fsp3) is 0.333. The fourth-order valence-corrected chi connectivity index (χ4v) is 2.28. The van der Waals surface area contributed by atoms with Gasteiger partial charge in [-0.05, 0) is 12.1 Å². The summed E-state index contributed by atoms with van der Waals surface area (Å²) < 4.78 is 5.14. The van der Waals surface area contributed by atoms with Crippen molar-refractivity contribution >= 4 is 16.8 Å². The molecule has 1 aliphatic heterocycles. The smallest absolute Gasteiger partial charge is 0.256 e. The number of hydrogen-bond acceptors (Lipinski definition) is 3. The van der Waals surface area contributed by atoms with E-state index >= 15 is 0 Å². The van der Waals surface area contributed by atoms with Crippen molar-refractivity contribution in [3.05, 3.63) is 46.2 Å². The molecular weight excluding hydrogens is 256 g/mol. The Morgan fingerprint density at radius 3 is 2.85 bits per heavy atom. The Balaban J connectivity index is 1.84. The SMILES string of the molecule is CC1(CNC(=O)c2c[nH]c3ccccc3c2=O)COC1. The summed E-state index contributed by atoms with van der Waals surface area (Å²) in [6.45, 7) is 3.84. The molecule has 0 bridgehead atoms. The van der Waals surface area contributed by atoms with Gasteiger partial charge in [-0.2, -0.15) is 0 Å². The molecule has 1 fully saturated rings. The minimum Gasteiger partial charge on any atom is -0.380 e. The summed E-state index contributed by atoms with van der Waals surface area (Å²) in [7, 11) is 0. The molecule has 104 valence electrons. The van der Waals surface area contributed by atoms with Crippen molar-refractivity contribution in [2.24, 2.45) is 5.41 Å². The molecule has 2 heterocycles. The van der Waals surface area contributed by atoms with Crippen LogP contribution in [0.5, 0.6) is 0 Å². The summed E-state index contributed by atoms with van der Waals surface area (Å²) in [5, 5.41) is 3.33. The van der Waals surface area contributed by atoms with Crippen molar-refractivity contribution in [2.75, 3.05) is 19.8 Å². The van der Waals surface area contributed by atoms with Gasteiger partial charge in [-0.15, -0.1) is 0 Å². The average Bonchev–Trinajstić information content (AvgIpc) is 2.43. The van der Waals surface area contributed by atoms with Gasteiger partial charge in [-0.25, -0.2) is 0 Å². The predicted octanol–water partition coefficient (Wildman–Crippen LogP) is 1.29. The van der Waals surface area contributed by atoms with Gasteiger partial charge in [0.15, 0.2) is 0 Å². The first-order valence-corrected chi connectivity index (χ1v) is 6.55. The van der Waals surface area contributed by atoms with Crippen LogP contribution in [0, 0.1) is 5.41 Å². The number of ether oxygens (including phenoxy) is 1. The molecular formula is C15H16N2O3. The van der Waals surface area contributed by atoms with Gasteiger partial charge in [0, 0.05) is 29.1 Å². The number of pyridine rings is 1. The number of carbonyl (C=O) groups is 1. The molecule has 1 aliphatic rings. The van der Waals surface area contributed by atoms with E-state index in [9.17, 15) is 9.59 Å². The van der Waals surface area contributed by atoms with Crippen LogP contribution in [-0.4, -0.2) is 30.6 Å². The van der Waals surface area contributed by atoms with Crippen molar-refractivity contribution < 1.29 is 9.53 Å². The Morgan fingerprint density at radius 2 is 2.15 bits per heavy atom. The Labute approximate surface area is 116 Å². The van der Waals surface area contributed by atoms with E-state index in [-0.39, 0.29) is 22.3 Å². The van der Waals surface area contributed by atoms with Crippen LogP contribution in [0.15, 0.2) is 35.3 Å². The molecule has 5 nitrogen and oxygen atoms in total. The molecule has 0 unspecified atom stereocenters. The van der Waals surface area contributed by atoms with Crippen molar-refractivity contribution in [2.45, 2.75) is 6.92 Å². The number of carbonyl (C=O) groups excluding carboxylic acids is 1. The average molecular weight is 272 g/mol. The quantitative estimate of drug-likeness (QED) is 0.884. The first-order chi connectivity index (χ1) is 9.59. The lowest BCUT2D eigenvalue weighted by Gasteiger charge is -2.37.